The molecule has 0 N–H and O–H groups in total. The van der Waals surface area contributed by atoms with E-state index in [-0.39, 0.29) is 0 Å². The minimum Gasteiger partial charge on any atom is -0.229 e. The summed E-state index contributed by atoms with van der Waals surface area (Å²) in [7, 11) is -2.71. The molecule has 10 heavy (non-hydrogen) atoms. The van der Waals surface area contributed by atoms with E-state index in [2.05, 4.69) is 0 Å². The van der Waals surface area contributed by atoms with Gasteiger partial charge in [-0.25, -0.2) is 8.42 Å². The summed E-state index contributed by atoms with van der Waals surface area (Å²) in [6.45, 7) is 1.89. The van der Waals surface area contributed by atoms with Gasteiger partial charge in [0.05, 0.1) is 5.75 Å². The summed E-state index contributed by atoms with van der Waals surface area (Å²) in [5, 5.41) is 0. The van der Waals surface area contributed by atoms with Crippen LogP contribution in [0.4, 0.5) is 0 Å². The molecular formula is C6H14O2S2. The summed E-state index contributed by atoms with van der Waals surface area (Å²) < 4.78 is 22.0. The zero-order valence-corrected chi connectivity index (χ0v) is 8.09. The molecule has 0 radical (unpaired) electrons. The first kappa shape index (κ1) is 10.3. The van der Waals surface area contributed by atoms with E-state index in [4.69, 9.17) is 0 Å². The van der Waals surface area contributed by atoms with Crippen LogP contribution >= 0.6 is 11.8 Å². The molecule has 0 atom stereocenters. The fraction of sp³-hybridized carbons (Fsp3) is 1.00. The van der Waals surface area contributed by atoms with Gasteiger partial charge in [0.1, 0.15) is 0 Å². The van der Waals surface area contributed by atoms with Crippen molar-refractivity contribution in [2.24, 2.45) is 0 Å². The lowest BCUT2D eigenvalue weighted by atomic mass is 10.6. The number of sulfone groups is 1. The van der Waals surface area contributed by atoms with Crippen LogP contribution in [0.5, 0.6) is 0 Å². The van der Waals surface area contributed by atoms with Gasteiger partial charge in [-0.15, -0.1) is 0 Å². The third kappa shape index (κ3) is 5.11. The lowest BCUT2D eigenvalue weighted by Crippen LogP contribution is -2.11. The predicted molar refractivity (Wildman–Crippen MR) is 47.3 cm³/mol. The van der Waals surface area contributed by atoms with E-state index in [1.807, 2.05) is 13.2 Å². The smallest absolute Gasteiger partial charge is 0.151 e. The minimum atomic E-state index is -2.71. The Hall–Kier alpha value is 0.300. The van der Waals surface area contributed by atoms with E-state index in [1.165, 1.54) is 0 Å². The van der Waals surface area contributed by atoms with Crippen molar-refractivity contribution in [3.63, 3.8) is 0 Å². The fourth-order valence-corrected chi connectivity index (χ4v) is 3.13. The van der Waals surface area contributed by atoms with Crippen LogP contribution in [0.1, 0.15) is 13.3 Å². The van der Waals surface area contributed by atoms with Crippen molar-refractivity contribution < 1.29 is 8.42 Å². The van der Waals surface area contributed by atoms with Crippen LogP contribution in [0, 0.1) is 0 Å². The Bertz CT molecular complexity index is 161. The van der Waals surface area contributed by atoms with Gasteiger partial charge in [0.15, 0.2) is 9.84 Å². The minimum absolute atomic E-state index is 0.335. The Morgan fingerprint density at radius 3 is 2.30 bits per heavy atom. The first-order valence-corrected chi connectivity index (χ1v) is 6.53. The average molecular weight is 182 g/mol. The molecule has 0 fully saturated rings. The van der Waals surface area contributed by atoms with E-state index in [0.717, 1.165) is 12.2 Å². The lowest BCUT2D eigenvalue weighted by molar-refractivity contribution is 0.596. The van der Waals surface area contributed by atoms with Gasteiger partial charge in [0.2, 0.25) is 0 Å². The molecule has 0 heterocycles. The molecular weight excluding hydrogens is 168 g/mol. The summed E-state index contributed by atoms with van der Waals surface area (Å²) in [5.74, 6) is 1.40. The maximum atomic E-state index is 11.0. The van der Waals surface area contributed by atoms with Crippen molar-refractivity contribution >= 4 is 21.6 Å². The Morgan fingerprint density at radius 2 is 1.90 bits per heavy atom. The monoisotopic (exact) mass is 182 g/mol. The van der Waals surface area contributed by atoms with Crippen molar-refractivity contribution in [2.75, 3.05) is 23.5 Å². The van der Waals surface area contributed by atoms with E-state index < -0.39 is 9.84 Å². The molecule has 0 bridgehead atoms. The van der Waals surface area contributed by atoms with Crippen LogP contribution in [-0.2, 0) is 9.84 Å². The van der Waals surface area contributed by atoms with Gasteiger partial charge in [-0.2, -0.15) is 11.8 Å². The zero-order chi connectivity index (χ0) is 8.04. The number of thioether (sulfide) groups is 1. The second-order valence-electron chi connectivity index (χ2n) is 2.14. The number of hydrogen-bond acceptors (Lipinski definition) is 3. The van der Waals surface area contributed by atoms with Gasteiger partial charge in [-0.05, 0) is 12.7 Å². The topological polar surface area (TPSA) is 34.1 Å². The first-order chi connectivity index (χ1) is 4.62. The van der Waals surface area contributed by atoms with Gasteiger partial charge in [0.25, 0.3) is 0 Å². The summed E-state index contributed by atoms with van der Waals surface area (Å²) >= 11 is 1.58. The third-order valence-electron chi connectivity index (χ3n) is 1.11. The molecule has 0 aliphatic carbocycles. The normalized spacial score (nSPS) is 11.8. The maximum absolute atomic E-state index is 11.0. The Balaban J connectivity index is 3.65. The number of rotatable bonds is 5. The first-order valence-electron chi connectivity index (χ1n) is 3.31. The quantitative estimate of drug-likeness (QED) is 0.640. The largest absolute Gasteiger partial charge is 0.229 e. The zero-order valence-electron chi connectivity index (χ0n) is 6.46. The van der Waals surface area contributed by atoms with E-state index in [0.29, 0.717) is 11.5 Å². The van der Waals surface area contributed by atoms with Crippen molar-refractivity contribution in [1.29, 1.82) is 0 Å². The van der Waals surface area contributed by atoms with Crippen LogP contribution in [0.3, 0.4) is 0 Å². The van der Waals surface area contributed by atoms with E-state index in [1.54, 1.807) is 11.8 Å². The maximum Gasteiger partial charge on any atom is 0.151 e. The summed E-state index contributed by atoms with van der Waals surface area (Å²) in [6, 6.07) is 0. The average Bonchev–Trinajstić information content (AvgIpc) is 1.84. The lowest BCUT2D eigenvalue weighted by Gasteiger charge is -1.98. The van der Waals surface area contributed by atoms with Crippen LogP contribution in [0.25, 0.3) is 0 Å². The summed E-state index contributed by atoms with van der Waals surface area (Å²) in [5.41, 5.74) is 0. The SMILES string of the molecule is CCCS(=O)(=O)CCSC. The number of hydrogen-bond donors (Lipinski definition) is 0. The molecule has 2 nitrogen and oxygen atoms in total. The standard InChI is InChI=1S/C6H14O2S2/c1-3-5-10(7,8)6-4-9-2/h3-6H2,1-2H3. The molecule has 0 spiro atoms. The highest BCUT2D eigenvalue weighted by molar-refractivity contribution is 8.00. The molecule has 0 aromatic carbocycles. The van der Waals surface area contributed by atoms with Gasteiger partial charge < -0.3 is 0 Å². The van der Waals surface area contributed by atoms with Gasteiger partial charge in [0, 0.05) is 11.5 Å². The van der Waals surface area contributed by atoms with Crippen LogP contribution in [-0.4, -0.2) is 31.9 Å². The Morgan fingerprint density at radius 1 is 1.30 bits per heavy atom. The fourth-order valence-electron chi connectivity index (χ4n) is 0.623. The van der Waals surface area contributed by atoms with E-state index >= 15 is 0 Å². The van der Waals surface area contributed by atoms with Gasteiger partial charge in [-0.3, -0.25) is 0 Å². The molecule has 0 aromatic heterocycles. The molecule has 0 amide bonds. The predicted octanol–water partition coefficient (Wildman–Crippen LogP) is 1.17. The molecule has 4 heteroatoms. The van der Waals surface area contributed by atoms with Crippen molar-refractivity contribution in [3.8, 4) is 0 Å². The molecule has 0 aliphatic heterocycles. The van der Waals surface area contributed by atoms with Crippen molar-refractivity contribution in [2.45, 2.75) is 13.3 Å². The summed E-state index contributed by atoms with van der Waals surface area (Å²) in [6.07, 6.45) is 2.65. The van der Waals surface area contributed by atoms with Crippen LogP contribution in [0.2, 0.25) is 0 Å². The molecule has 0 rings (SSSR count). The molecule has 0 unspecified atom stereocenters. The second kappa shape index (κ2) is 5.02. The highest BCUT2D eigenvalue weighted by Crippen LogP contribution is 1.98. The molecule has 0 aromatic rings. The van der Waals surface area contributed by atoms with Crippen molar-refractivity contribution in [1.82, 2.24) is 0 Å². The highest BCUT2D eigenvalue weighted by Gasteiger charge is 2.06. The molecule has 0 aliphatic rings. The Labute approximate surface area is 67.3 Å². The van der Waals surface area contributed by atoms with Crippen LogP contribution < -0.4 is 0 Å². The molecule has 0 saturated carbocycles. The van der Waals surface area contributed by atoms with Crippen molar-refractivity contribution in [3.05, 3.63) is 0 Å². The Kier molecular flexibility index (Phi) is 5.17. The highest BCUT2D eigenvalue weighted by atomic mass is 32.2. The summed E-state index contributed by atoms with van der Waals surface area (Å²) in [4.78, 5) is 0. The molecule has 0 saturated heterocycles. The van der Waals surface area contributed by atoms with Gasteiger partial charge >= 0.3 is 0 Å². The molecule has 62 valence electrons. The van der Waals surface area contributed by atoms with E-state index in [9.17, 15) is 8.42 Å². The second-order valence-corrected chi connectivity index (χ2v) is 5.43. The van der Waals surface area contributed by atoms with Gasteiger partial charge in [-0.1, -0.05) is 6.92 Å². The van der Waals surface area contributed by atoms with Crippen LogP contribution in [0.15, 0.2) is 0 Å². The third-order valence-corrected chi connectivity index (χ3v) is 3.84.